The molecular formula is C25H22F3N5O5. The molecule has 0 aromatic heterocycles. The number of halogens is 3. The molecule has 3 rings (SSSR count). The third-order valence-electron chi connectivity index (χ3n) is 5.90. The zero-order chi connectivity index (χ0) is 28.4. The lowest BCUT2D eigenvalue weighted by molar-refractivity contribution is -0.140. The molecule has 0 saturated heterocycles. The first-order chi connectivity index (χ1) is 17.8. The number of nitrogens with zero attached hydrogens (tertiary/aromatic N) is 3. The van der Waals surface area contributed by atoms with Gasteiger partial charge in [0.05, 0.1) is 43.4 Å². The molecule has 38 heavy (non-hydrogen) atoms. The first-order valence-electron chi connectivity index (χ1n) is 10.9. The van der Waals surface area contributed by atoms with Gasteiger partial charge in [-0.1, -0.05) is 12.1 Å². The molecule has 1 aliphatic heterocycles. The number of primary amides is 1. The summed E-state index contributed by atoms with van der Waals surface area (Å²) < 4.78 is 49.9. The molecule has 1 atom stereocenters. The molecule has 0 aliphatic carbocycles. The van der Waals surface area contributed by atoms with Crippen LogP contribution in [0.1, 0.15) is 35.2 Å². The number of ether oxygens (including phenoxy) is 2. The van der Waals surface area contributed by atoms with Crippen LogP contribution in [0.3, 0.4) is 0 Å². The van der Waals surface area contributed by atoms with Gasteiger partial charge in [-0.25, -0.2) is 9.59 Å². The van der Waals surface area contributed by atoms with Crippen molar-refractivity contribution in [3.05, 3.63) is 76.0 Å². The molecular weight excluding hydrogens is 507 g/mol. The summed E-state index contributed by atoms with van der Waals surface area (Å²) in [6.45, 7) is 1.37. The number of anilines is 1. The quantitative estimate of drug-likeness (QED) is 0.562. The predicted molar refractivity (Wildman–Crippen MR) is 127 cm³/mol. The van der Waals surface area contributed by atoms with Crippen molar-refractivity contribution < 1.29 is 37.0 Å². The van der Waals surface area contributed by atoms with Crippen LogP contribution in [-0.4, -0.2) is 43.0 Å². The molecule has 1 aliphatic rings. The number of urea groups is 1. The Hall–Kier alpha value is -4.86. The summed E-state index contributed by atoms with van der Waals surface area (Å²) in [5.41, 5.74) is 4.72. The number of hydrogen-bond acceptors (Lipinski definition) is 7. The fourth-order valence-electron chi connectivity index (χ4n) is 4.19. The third-order valence-corrected chi connectivity index (χ3v) is 5.90. The lowest BCUT2D eigenvalue weighted by atomic mass is 9.88. The highest BCUT2D eigenvalue weighted by Crippen LogP contribution is 2.42. The van der Waals surface area contributed by atoms with Crippen molar-refractivity contribution >= 4 is 29.6 Å². The number of carbonyl (C=O) groups is 3. The second kappa shape index (κ2) is 10.6. The van der Waals surface area contributed by atoms with Gasteiger partial charge in [-0.2, -0.15) is 18.4 Å². The zero-order valence-corrected chi connectivity index (χ0v) is 20.4. The van der Waals surface area contributed by atoms with E-state index in [0.29, 0.717) is 4.90 Å². The number of benzene rings is 2. The highest BCUT2D eigenvalue weighted by atomic mass is 19.4. The van der Waals surface area contributed by atoms with Crippen LogP contribution in [0.2, 0.25) is 0 Å². The van der Waals surface area contributed by atoms with Crippen LogP contribution < -0.4 is 10.6 Å². The third kappa shape index (κ3) is 5.15. The van der Waals surface area contributed by atoms with Crippen LogP contribution in [0, 0.1) is 16.7 Å². The predicted octanol–water partition coefficient (Wildman–Crippen LogP) is 3.62. The lowest BCUT2D eigenvalue weighted by Crippen LogP contribution is -2.55. The Balaban J connectivity index is 2.36. The molecule has 1 heterocycles. The number of alkyl halides is 3. The van der Waals surface area contributed by atoms with Crippen molar-refractivity contribution in [1.29, 1.82) is 10.7 Å². The smallest absolute Gasteiger partial charge is 0.416 e. The molecule has 0 bridgehead atoms. The van der Waals surface area contributed by atoms with Crippen LogP contribution >= 0.6 is 0 Å². The summed E-state index contributed by atoms with van der Waals surface area (Å²) >= 11 is 0. The Labute approximate surface area is 215 Å². The van der Waals surface area contributed by atoms with Gasteiger partial charge in [0.15, 0.2) is 0 Å². The van der Waals surface area contributed by atoms with Crippen molar-refractivity contribution in [2.45, 2.75) is 25.6 Å². The number of methoxy groups -OCH3 is 2. The number of nitriles is 1. The molecule has 0 saturated carbocycles. The van der Waals surface area contributed by atoms with Crippen LogP contribution in [0.5, 0.6) is 0 Å². The molecule has 13 heteroatoms. The van der Waals surface area contributed by atoms with Crippen LogP contribution in [0.4, 0.5) is 23.7 Å². The van der Waals surface area contributed by atoms with Gasteiger partial charge in [0, 0.05) is 11.4 Å². The highest BCUT2D eigenvalue weighted by Gasteiger charge is 2.44. The molecule has 0 spiro atoms. The van der Waals surface area contributed by atoms with E-state index in [1.165, 1.54) is 31.2 Å². The zero-order valence-electron chi connectivity index (χ0n) is 20.4. The van der Waals surface area contributed by atoms with E-state index >= 15 is 0 Å². The van der Waals surface area contributed by atoms with Gasteiger partial charge < -0.3 is 15.2 Å². The Bertz CT molecular complexity index is 1400. The molecule has 198 valence electrons. The topological polar surface area (TPSA) is 150 Å². The fraction of sp³-hybridized carbons (Fsp3) is 0.240. The van der Waals surface area contributed by atoms with E-state index in [-0.39, 0.29) is 40.1 Å². The van der Waals surface area contributed by atoms with Crippen molar-refractivity contribution in [2.75, 3.05) is 19.1 Å². The van der Waals surface area contributed by atoms with Gasteiger partial charge in [-0.05, 0) is 48.4 Å². The largest absolute Gasteiger partial charge is 0.469 e. The maximum absolute atomic E-state index is 13.4. The summed E-state index contributed by atoms with van der Waals surface area (Å²) in [6, 6.07) is 7.41. The molecule has 2 aromatic carbocycles. The maximum atomic E-state index is 13.4. The molecule has 0 radical (unpaired) electrons. The highest BCUT2D eigenvalue weighted by molar-refractivity contribution is 6.10. The van der Waals surface area contributed by atoms with E-state index in [9.17, 15) is 32.8 Å². The first kappa shape index (κ1) is 27.7. The van der Waals surface area contributed by atoms with Gasteiger partial charge in [0.25, 0.3) is 0 Å². The number of guanidine groups is 1. The van der Waals surface area contributed by atoms with Crippen molar-refractivity contribution in [3.63, 3.8) is 0 Å². The normalized spacial score (nSPS) is 15.7. The second-order valence-corrected chi connectivity index (χ2v) is 8.09. The molecule has 2 amide bonds. The van der Waals surface area contributed by atoms with Crippen LogP contribution in [-0.2, 0) is 31.7 Å². The van der Waals surface area contributed by atoms with E-state index in [4.69, 9.17) is 20.6 Å². The molecule has 3 N–H and O–H groups in total. The van der Waals surface area contributed by atoms with E-state index < -0.39 is 41.7 Å². The number of nitrogens with one attached hydrogen (secondary N) is 1. The number of amides is 2. The average Bonchev–Trinajstić information content (AvgIpc) is 2.87. The maximum Gasteiger partial charge on any atom is 0.416 e. The van der Waals surface area contributed by atoms with Gasteiger partial charge in [0.1, 0.15) is 6.04 Å². The number of esters is 2. The van der Waals surface area contributed by atoms with Crippen molar-refractivity contribution in [1.82, 2.24) is 4.90 Å². The molecule has 0 fully saturated rings. The van der Waals surface area contributed by atoms with Gasteiger partial charge >= 0.3 is 24.1 Å². The monoisotopic (exact) mass is 529 g/mol. The second-order valence-electron chi connectivity index (χ2n) is 8.09. The Morgan fingerprint density at radius 1 is 1.13 bits per heavy atom. The minimum Gasteiger partial charge on any atom is -0.469 e. The fourth-order valence-corrected chi connectivity index (χ4v) is 4.19. The average molecular weight is 529 g/mol. The molecule has 1 unspecified atom stereocenters. The summed E-state index contributed by atoms with van der Waals surface area (Å²) in [4.78, 5) is 39.6. The number of rotatable bonds is 5. The minimum atomic E-state index is -4.70. The Morgan fingerprint density at radius 2 is 1.82 bits per heavy atom. The van der Waals surface area contributed by atoms with Gasteiger partial charge in [-0.15, -0.1) is 0 Å². The van der Waals surface area contributed by atoms with E-state index in [1.807, 2.05) is 6.07 Å². The summed E-state index contributed by atoms with van der Waals surface area (Å²) in [6.07, 6.45) is -5.06. The summed E-state index contributed by atoms with van der Waals surface area (Å²) in [7, 11) is 2.22. The van der Waals surface area contributed by atoms with E-state index in [2.05, 4.69) is 0 Å². The minimum absolute atomic E-state index is 0.0166. The summed E-state index contributed by atoms with van der Waals surface area (Å²) in [5, 5.41) is 18.1. The summed E-state index contributed by atoms with van der Waals surface area (Å²) in [5.74, 6) is -2.30. The molecule has 2 aromatic rings. The van der Waals surface area contributed by atoms with Crippen LogP contribution in [0.25, 0.3) is 0 Å². The standard InChI is InChI=1S/C25H22F3N5O5/c1-13-20(22(35)38-3)21(18-8-7-14(12-29)9-15(18)10-19(34)37-2)33(24(31)36)23(30)32(13)17-6-4-5-16(11-17)25(26,27)28/h4-9,11,21,30H,10H2,1-3H3,(H2,31,36). The number of hydrogen-bond donors (Lipinski definition) is 2. The van der Waals surface area contributed by atoms with E-state index in [1.54, 1.807) is 0 Å². The van der Waals surface area contributed by atoms with Crippen molar-refractivity contribution in [3.8, 4) is 6.07 Å². The van der Waals surface area contributed by atoms with Crippen molar-refractivity contribution in [2.24, 2.45) is 5.73 Å². The number of nitrogens with two attached hydrogens (primary N) is 1. The Kier molecular flexibility index (Phi) is 7.76. The SMILES string of the molecule is COC(=O)Cc1cc(C#N)ccc1C1C(C(=O)OC)=C(C)N(c2cccc(C(F)(F)F)c2)C(=N)N1C(N)=O. The van der Waals surface area contributed by atoms with E-state index in [0.717, 1.165) is 37.3 Å². The number of allylic oxidation sites excluding steroid dienone is 1. The Morgan fingerprint density at radius 3 is 2.37 bits per heavy atom. The van der Waals surface area contributed by atoms with Crippen LogP contribution in [0.15, 0.2) is 53.7 Å². The first-order valence-corrected chi connectivity index (χ1v) is 10.9. The van der Waals surface area contributed by atoms with Gasteiger partial charge in [0.2, 0.25) is 5.96 Å². The lowest BCUT2D eigenvalue weighted by Gasteiger charge is -2.43. The van der Waals surface area contributed by atoms with Gasteiger partial charge in [-0.3, -0.25) is 20.0 Å². The molecule has 10 nitrogen and oxygen atoms in total. The number of carbonyl (C=O) groups excluding carboxylic acids is 3.